The third-order valence-corrected chi connectivity index (χ3v) is 2.35. The number of hydrogen-bond donors (Lipinski definition) is 2. The molecule has 0 amide bonds. The smallest absolute Gasteiger partial charge is 0.129 e. The van der Waals surface area contributed by atoms with Gasteiger partial charge in [-0.25, -0.2) is 8.78 Å². The fourth-order valence-corrected chi connectivity index (χ4v) is 1.63. The Bertz CT molecular complexity index is 355. The van der Waals surface area contributed by atoms with Crippen LogP contribution in [0.25, 0.3) is 0 Å². The number of rotatable bonds is 4. The average molecular weight is 229 g/mol. The number of halogens is 2. The van der Waals surface area contributed by atoms with Crippen LogP contribution in [0.15, 0.2) is 18.2 Å². The quantitative estimate of drug-likeness (QED) is 0.830. The van der Waals surface area contributed by atoms with Gasteiger partial charge in [-0.1, -0.05) is 13.8 Å². The molecule has 0 aliphatic heterocycles. The lowest BCUT2D eigenvalue weighted by atomic mass is 10.0. The maximum Gasteiger partial charge on any atom is 0.129 e. The molecule has 1 aromatic carbocycles. The highest BCUT2D eigenvalue weighted by atomic mass is 19.1. The summed E-state index contributed by atoms with van der Waals surface area (Å²) in [6, 6.07) is 2.91. The lowest BCUT2D eigenvalue weighted by molar-refractivity contribution is 0.127. The fraction of sp³-hybridized carbons (Fsp3) is 0.500. The van der Waals surface area contributed by atoms with Crippen molar-refractivity contribution in [3.63, 3.8) is 0 Å². The monoisotopic (exact) mass is 229 g/mol. The van der Waals surface area contributed by atoms with Crippen LogP contribution in [0, 0.1) is 11.6 Å². The second kappa shape index (κ2) is 5.37. The zero-order valence-corrected chi connectivity index (χ0v) is 9.67. The summed E-state index contributed by atoms with van der Waals surface area (Å²) >= 11 is 0. The van der Waals surface area contributed by atoms with Gasteiger partial charge in [-0.05, 0) is 25.1 Å². The van der Waals surface area contributed by atoms with Crippen molar-refractivity contribution in [3.05, 3.63) is 35.4 Å². The first-order valence-corrected chi connectivity index (χ1v) is 5.31. The second-order valence-electron chi connectivity index (χ2n) is 4.22. The van der Waals surface area contributed by atoms with Crippen LogP contribution in [0.2, 0.25) is 0 Å². The molecule has 4 heteroatoms. The topological polar surface area (TPSA) is 32.3 Å². The van der Waals surface area contributed by atoms with E-state index >= 15 is 0 Å². The van der Waals surface area contributed by atoms with Crippen LogP contribution in [0.4, 0.5) is 8.78 Å². The zero-order chi connectivity index (χ0) is 12.3. The predicted molar refractivity (Wildman–Crippen MR) is 59.1 cm³/mol. The normalized spacial score (nSPS) is 15.2. The number of benzene rings is 1. The summed E-state index contributed by atoms with van der Waals surface area (Å²) in [5, 5.41) is 12.9. The van der Waals surface area contributed by atoms with Crippen molar-refractivity contribution in [1.82, 2.24) is 5.32 Å². The zero-order valence-electron chi connectivity index (χ0n) is 9.67. The fourth-order valence-electron chi connectivity index (χ4n) is 1.63. The molecule has 0 radical (unpaired) electrons. The molecule has 0 aliphatic rings. The van der Waals surface area contributed by atoms with E-state index in [2.05, 4.69) is 5.32 Å². The molecule has 2 nitrogen and oxygen atoms in total. The molecular weight excluding hydrogens is 212 g/mol. The van der Waals surface area contributed by atoms with Crippen molar-refractivity contribution in [2.75, 3.05) is 0 Å². The Morgan fingerprint density at radius 3 is 2.38 bits per heavy atom. The van der Waals surface area contributed by atoms with Crippen molar-refractivity contribution in [2.45, 2.75) is 39.0 Å². The van der Waals surface area contributed by atoms with Crippen LogP contribution >= 0.6 is 0 Å². The van der Waals surface area contributed by atoms with Gasteiger partial charge in [0.1, 0.15) is 11.6 Å². The van der Waals surface area contributed by atoms with E-state index in [4.69, 9.17) is 0 Å². The molecule has 0 aliphatic carbocycles. The van der Waals surface area contributed by atoms with Crippen LogP contribution in [0.1, 0.15) is 32.4 Å². The minimum atomic E-state index is -1.06. The number of hydrogen-bond acceptors (Lipinski definition) is 2. The number of aliphatic hydroxyl groups is 1. The molecule has 0 bridgehead atoms. The molecule has 0 saturated heterocycles. The van der Waals surface area contributed by atoms with Gasteiger partial charge < -0.3 is 10.4 Å². The summed E-state index contributed by atoms with van der Waals surface area (Å²) in [6.07, 6.45) is -1.06. The van der Waals surface area contributed by atoms with Crippen LogP contribution in [-0.4, -0.2) is 17.2 Å². The van der Waals surface area contributed by atoms with Gasteiger partial charge in [0.25, 0.3) is 0 Å². The van der Waals surface area contributed by atoms with Crippen LogP contribution < -0.4 is 5.32 Å². The van der Waals surface area contributed by atoms with Crippen LogP contribution in [0.5, 0.6) is 0 Å². The molecule has 0 saturated carbocycles. The van der Waals surface area contributed by atoms with Gasteiger partial charge in [-0.2, -0.15) is 0 Å². The Balaban J connectivity index is 2.86. The van der Waals surface area contributed by atoms with Crippen molar-refractivity contribution in [1.29, 1.82) is 0 Å². The van der Waals surface area contributed by atoms with E-state index in [1.165, 1.54) is 0 Å². The molecule has 0 fully saturated rings. The maximum atomic E-state index is 13.4. The van der Waals surface area contributed by atoms with Gasteiger partial charge in [0.15, 0.2) is 0 Å². The van der Waals surface area contributed by atoms with Crippen LogP contribution in [0.3, 0.4) is 0 Å². The number of nitrogens with one attached hydrogen (secondary N) is 1. The first-order chi connectivity index (χ1) is 7.41. The molecule has 2 unspecified atom stereocenters. The van der Waals surface area contributed by atoms with Gasteiger partial charge in [0.05, 0.1) is 6.10 Å². The van der Waals surface area contributed by atoms with Crippen molar-refractivity contribution in [3.8, 4) is 0 Å². The molecule has 2 N–H and O–H groups in total. The Morgan fingerprint density at radius 2 is 1.81 bits per heavy atom. The Hall–Kier alpha value is -1.00. The predicted octanol–water partition coefficient (Wildman–Crippen LogP) is 2.38. The Kier molecular flexibility index (Phi) is 4.38. The summed E-state index contributed by atoms with van der Waals surface area (Å²) in [5.74, 6) is -1.14. The molecular formula is C12H17F2NO. The van der Waals surface area contributed by atoms with E-state index in [0.717, 1.165) is 18.2 Å². The van der Waals surface area contributed by atoms with E-state index in [1.54, 1.807) is 6.92 Å². The largest absolute Gasteiger partial charge is 0.387 e. The summed E-state index contributed by atoms with van der Waals surface area (Å²) < 4.78 is 26.3. The van der Waals surface area contributed by atoms with E-state index in [0.29, 0.717) is 0 Å². The highest BCUT2D eigenvalue weighted by molar-refractivity contribution is 5.22. The lowest BCUT2D eigenvalue weighted by Crippen LogP contribution is -2.37. The van der Waals surface area contributed by atoms with Crippen molar-refractivity contribution >= 4 is 0 Å². The standard InChI is InChI=1S/C12H17F2NO/c1-7(2)15-8(3)12(16)10-6-9(13)4-5-11(10)14/h4-8,12,15-16H,1-3H3. The van der Waals surface area contributed by atoms with Gasteiger partial charge in [-0.3, -0.25) is 0 Å². The first-order valence-electron chi connectivity index (χ1n) is 5.31. The molecule has 0 heterocycles. The highest BCUT2D eigenvalue weighted by Crippen LogP contribution is 2.21. The summed E-state index contributed by atoms with van der Waals surface area (Å²) in [6.45, 7) is 5.57. The molecule has 0 spiro atoms. The van der Waals surface area contributed by atoms with E-state index in [9.17, 15) is 13.9 Å². The summed E-state index contributed by atoms with van der Waals surface area (Å²) in [7, 11) is 0. The third kappa shape index (κ3) is 3.25. The number of aliphatic hydroxyl groups excluding tert-OH is 1. The van der Waals surface area contributed by atoms with E-state index in [-0.39, 0.29) is 17.6 Å². The minimum absolute atomic E-state index is 0.0133. The van der Waals surface area contributed by atoms with Gasteiger partial charge in [0.2, 0.25) is 0 Å². The highest BCUT2D eigenvalue weighted by Gasteiger charge is 2.20. The molecule has 2 atom stereocenters. The summed E-state index contributed by atoms with van der Waals surface area (Å²) in [5.41, 5.74) is -0.0133. The van der Waals surface area contributed by atoms with Crippen LogP contribution in [-0.2, 0) is 0 Å². The molecule has 1 aromatic rings. The van der Waals surface area contributed by atoms with Gasteiger partial charge >= 0.3 is 0 Å². The second-order valence-corrected chi connectivity index (χ2v) is 4.22. The summed E-state index contributed by atoms with van der Waals surface area (Å²) in [4.78, 5) is 0. The lowest BCUT2D eigenvalue weighted by Gasteiger charge is -2.23. The first kappa shape index (κ1) is 13.1. The van der Waals surface area contributed by atoms with E-state index < -0.39 is 17.7 Å². The maximum absolute atomic E-state index is 13.4. The SMILES string of the molecule is CC(C)NC(C)C(O)c1cc(F)ccc1F. The molecule has 16 heavy (non-hydrogen) atoms. The Labute approximate surface area is 94.3 Å². The van der Waals surface area contributed by atoms with E-state index in [1.807, 2.05) is 13.8 Å². The minimum Gasteiger partial charge on any atom is -0.387 e. The van der Waals surface area contributed by atoms with Crippen molar-refractivity contribution < 1.29 is 13.9 Å². The molecule has 0 aromatic heterocycles. The van der Waals surface area contributed by atoms with Crippen molar-refractivity contribution in [2.24, 2.45) is 0 Å². The third-order valence-electron chi connectivity index (χ3n) is 2.35. The molecule has 90 valence electrons. The van der Waals surface area contributed by atoms with Gasteiger partial charge in [-0.15, -0.1) is 0 Å². The Morgan fingerprint density at radius 1 is 1.19 bits per heavy atom. The average Bonchev–Trinajstić information content (AvgIpc) is 2.19. The van der Waals surface area contributed by atoms with Gasteiger partial charge in [0, 0.05) is 17.6 Å². The molecule has 1 rings (SSSR count).